The summed E-state index contributed by atoms with van der Waals surface area (Å²) in [6, 6.07) is 4.25. The molecule has 3 aromatic rings. The normalized spacial score (nSPS) is 15.8. The fraction of sp³-hybridized carbons (Fsp3) is 0.522. The van der Waals surface area contributed by atoms with Crippen molar-refractivity contribution in [3.8, 4) is 17.3 Å². The van der Waals surface area contributed by atoms with Crippen molar-refractivity contribution in [3.05, 3.63) is 31.0 Å². The number of aromatic nitrogens is 5. The summed E-state index contributed by atoms with van der Waals surface area (Å²) in [6.07, 6.45) is 12.7. The third-order valence-electron chi connectivity index (χ3n) is 6.53. The lowest BCUT2D eigenvalue weighted by Gasteiger charge is -2.21. The first-order valence-electron chi connectivity index (χ1n) is 10.9. The van der Waals surface area contributed by atoms with Crippen LogP contribution in [0.15, 0.2) is 31.0 Å². The smallest absolute Gasteiger partial charge is 0.334 e. The quantitative estimate of drug-likeness (QED) is 0.564. The van der Waals surface area contributed by atoms with E-state index in [0.29, 0.717) is 24.4 Å². The third-order valence-corrected chi connectivity index (χ3v) is 6.53. The molecule has 0 spiro atoms. The summed E-state index contributed by atoms with van der Waals surface area (Å²) < 4.78 is 3.32. The van der Waals surface area contributed by atoms with E-state index in [-0.39, 0.29) is 12.0 Å². The van der Waals surface area contributed by atoms with Crippen LogP contribution in [0.5, 0.6) is 0 Å². The van der Waals surface area contributed by atoms with Crippen LogP contribution < -0.4 is 4.84 Å². The van der Waals surface area contributed by atoms with Gasteiger partial charge in [0.25, 0.3) is 0 Å². The molecule has 0 radical (unpaired) electrons. The molecular formula is C23H28N6O2. The molecule has 1 fully saturated rings. The summed E-state index contributed by atoms with van der Waals surface area (Å²) in [5.74, 6) is 0.177. The third kappa shape index (κ3) is 4.05. The minimum atomic E-state index is -0.580. The Hall–Kier alpha value is -3.21. The van der Waals surface area contributed by atoms with Crippen molar-refractivity contribution >= 4 is 17.0 Å². The first-order chi connectivity index (χ1) is 14.9. The number of hydrogen-bond acceptors (Lipinski definition) is 6. The van der Waals surface area contributed by atoms with Crippen molar-refractivity contribution < 1.29 is 9.63 Å². The second-order valence-electron chi connectivity index (χ2n) is 8.90. The van der Waals surface area contributed by atoms with Crippen molar-refractivity contribution in [1.29, 1.82) is 5.26 Å². The zero-order valence-corrected chi connectivity index (χ0v) is 18.3. The topological polar surface area (TPSA) is 98.6 Å². The van der Waals surface area contributed by atoms with Gasteiger partial charge in [-0.05, 0) is 45.1 Å². The molecule has 1 unspecified atom stereocenters. The van der Waals surface area contributed by atoms with Gasteiger partial charge in [-0.2, -0.15) is 15.1 Å². The molecule has 162 valence electrons. The molecule has 1 aliphatic rings. The van der Waals surface area contributed by atoms with Crippen LogP contribution >= 0.6 is 0 Å². The maximum atomic E-state index is 12.5. The second kappa shape index (κ2) is 8.50. The molecule has 1 atom stereocenters. The van der Waals surface area contributed by atoms with Gasteiger partial charge < -0.3 is 4.84 Å². The lowest BCUT2D eigenvalue weighted by Crippen LogP contribution is -2.32. The number of fused-ring (bicyclic) bond motifs is 1. The monoisotopic (exact) mass is 420 g/mol. The second-order valence-corrected chi connectivity index (χ2v) is 8.90. The minimum Gasteiger partial charge on any atom is -0.334 e. The highest BCUT2D eigenvalue weighted by Crippen LogP contribution is 2.36. The maximum absolute atomic E-state index is 12.5. The molecule has 0 aromatic carbocycles. The Morgan fingerprint density at radius 3 is 2.84 bits per heavy atom. The summed E-state index contributed by atoms with van der Waals surface area (Å²) in [7, 11) is 0. The van der Waals surface area contributed by atoms with Crippen LogP contribution in [0, 0.1) is 22.7 Å². The molecule has 8 nitrogen and oxygen atoms in total. The average Bonchev–Trinajstić information content (AvgIpc) is 3.53. The van der Waals surface area contributed by atoms with Crippen LogP contribution in [0.25, 0.3) is 22.3 Å². The highest BCUT2D eigenvalue weighted by atomic mass is 16.7. The SMILES string of the molecule is CCC(C)(C)C(=O)On1ccc2c(-c3cnn(C(CC#N)C4CCCC4)c3)ncnc21. The fourth-order valence-corrected chi connectivity index (χ4v) is 4.14. The van der Waals surface area contributed by atoms with Crippen molar-refractivity contribution in [3.63, 3.8) is 0 Å². The highest BCUT2D eigenvalue weighted by molar-refractivity contribution is 5.90. The van der Waals surface area contributed by atoms with Crippen LogP contribution in [0.3, 0.4) is 0 Å². The van der Waals surface area contributed by atoms with Crippen LogP contribution in [-0.2, 0) is 4.79 Å². The molecule has 3 aromatic heterocycles. The average molecular weight is 421 g/mol. The van der Waals surface area contributed by atoms with E-state index in [1.807, 2.05) is 37.7 Å². The predicted octanol–water partition coefficient (Wildman–Crippen LogP) is 4.33. The number of hydrogen-bond donors (Lipinski definition) is 0. The molecule has 0 N–H and O–H groups in total. The van der Waals surface area contributed by atoms with Crippen LogP contribution in [-0.4, -0.2) is 30.4 Å². The van der Waals surface area contributed by atoms with Crippen LogP contribution in [0.4, 0.5) is 0 Å². The number of nitrogens with zero attached hydrogens (tertiary/aromatic N) is 6. The van der Waals surface area contributed by atoms with Crippen molar-refractivity contribution in [2.75, 3.05) is 0 Å². The molecule has 1 saturated carbocycles. The standard InChI is InChI=1S/C23H28N6O2/c1-4-23(2,3)22(30)31-29-12-10-18-20(25-15-26-21(18)29)17-13-27-28(14-17)19(9-11-24)16-7-5-6-8-16/h10,12-16,19H,4-9H2,1-3H3. The number of carbonyl (C=O) groups excluding carboxylic acids is 1. The van der Waals surface area contributed by atoms with E-state index in [0.717, 1.165) is 29.5 Å². The molecule has 0 bridgehead atoms. The van der Waals surface area contributed by atoms with E-state index in [2.05, 4.69) is 21.1 Å². The van der Waals surface area contributed by atoms with Gasteiger partial charge in [0.1, 0.15) is 6.33 Å². The zero-order valence-electron chi connectivity index (χ0n) is 18.3. The van der Waals surface area contributed by atoms with Crippen LogP contribution in [0.2, 0.25) is 0 Å². The first-order valence-corrected chi connectivity index (χ1v) is 10.9. The summed E-state index contributed by atoms with van der Waals surface area (Å²) in [6.45, 7) is 5.67. The Kier molecular flexibility index (Phi) is 5.77. The van der Waals surface area contributed by atoms with E-state index in [1.54, 1.807) is 12.4 Å². The molecule has 3 heterocycles. The summed E-state index contributed by atoms with van der Waals surface area (Å²) in [5.41, 5.74) is 1.53. The first kappa shape index (κ1) is 21.0. The highest BCUT2D eigenvalue weighted by Gasteiger charge is 2.29. The van der Waals surface area contributed by atoms with E-state index in [4.69, 9.17) is 4.84 Å². The Morgan fingerprint density at radius 2 is 2.13 bits per heavy atom. The van der Waals surface area contributed by atoms with Gasteiger partial charge in [0.15, 0.2) is 5.65 Å². The number of carbonyl (C=O) groups is 1. The van der Waals surface area contributed by atoms with Crippen LogP contribution in [0.1, 0.15) is 65.3 Å². The predicted molar refractivity (Wildman–Crippen MR) is 116 cm³/mol. The Balaban J connectivity index is 1.64. The van der Waals surface area contributed by atoms with Gasteiger partial charge in [0.2, 0.25) is 0 Å². The van der Waals surface area contributed by atoms with E-state index >= 15 is 0 Å². The van der Waals surface area contributed by atoms with Gasteiger partial charge in [-0.15, -0.1) is 0 Å². The molecule has 0 amide bonds. The molecule has 31 heavy (non-hydrogen) atoms. The van der Waals surface area contributed by atoms with E-state index in [9.17, 15) is 10.1 Å². The number of rotatable bonds is 7. The summed E-state index contributed by atoms with van der Waals surface area (Å²) in [5, 5.41) is 14.7. The number of nitriles is 1. The lowest BCUT2D eigenvalue weighted by molar-refractivity contribution is -0.154. The fourth-order valence-electron chi connectivity index (χ4n) is 4.14. The molecular weight excluding hydrogens is 392 g/mol. The van der Waals surface area contributed by atoms with Gasteiger partial charge in [0.05, 0.1) is 35.8 Å². The molecule has 0 aliphatic heterocycles. The summed E-state index contributed by atoms with van der Waals surface area (Å²) >= 11 is 0. The van der Waals surface area contributed by atoms with Gasteiger partial charge in [-0.1, -0.05) is 19.8 Å². The Morgan fingerprint density at radius 1 is 1.35 bits per heavy atom. The van der Waals surface area contributed by atoms with E-state index < -0.39 is 5.41 Å². The summed E-state index contributed by atoms with van der Waals surface area (Å²) in [4.78, 5) is 26.9. The van der Waals surface area contributed by atoms with Gasteiger partial charge >= 0.3 is 5.97 Å². The lowest BCUT2D eigenvalue weighted by atomic mass is 9.91. The Labute approximate surface area is 181 Å². The van der Waals surface area contributed by atoms with Crippen molar-refractivity contribution in [2.45, 2.75) is 65.3 Å². The molecule has 1 aliphatic carbocycles. The maximum Gasteiger partial charge on any atom is 0.338 e. The van der Waals surface area contributed by atoms with Crippen molar-refractivity contribution in [2.24, 2.45) is 11.3 Å². The molecule has 0 saturated heterocycles. The van der Waals surface area contributed by atoms with E-state index in [1.165, 1.54) is 23.9 Å². The molecule has 8 heteroatoms. The van der Waals surface area contributed by atoms with Gasteiger partial charge in [-0.25, -0.2) is 14.8 Å². The van der Waals surface area contributed by atoms with Crippen molar-refractivity contribution in [1.82, 2.24) is 24.5 Å². The van der Waals surface area contributed by atoms with Gasteiger partial charge in [-0.3, -0.25) is 4.68 Å². The Bertz CT molecular complexity index is 1120. The minimum absolute atomic E-state index is 0.0837. The molecule has 4 rings (SSSR count). The van der Waals surface area contributed by atoms with Gasteiger partial charge in [0, 0.05) is 23.3 Å². The zero-order chi connectivity index (χ0) is 22.0. The largest absolute Gasteiger partial charge is 0.338 e.